The molecule has 0 saturated carbocycles. The van der Waals surface area contributed by atoms with Crippen molar-refractivity contribution in [2.75, 3.05) is 20.6 Å². The number of benzene rings is 1. The van der Waals surface area contributed by atoms with Gasteiger partial charge >= 0.3 is 0 Å². The Morgan fingerprint density at radius 2 is 2.00 bits per heavy atom. The summed E-state index contributed by atoms with van der Waals surface area (Å²) in [6.45, 7) is 4.40. The van der Waals surface area contributed by atoms with E-state index in [1.807, 2.05) is 69.2 Å². The van der Waals surface area contributed by atoms with Gasteiger partial charge in [-0.3, -0.25) is 9.69 Å². The lowest BCUT2D eigenvalue weighted by atomic mass is 10.1. The standard InChI is InChI=1S/C17H22N2O2/c1-12-6-5-7-14(10-12)17(20)18-11-15(19(3)4)16-9-8-13(2)21-16/h5-10,15H,11H2,1-4H3,(H,18,20)/t15-/m0/s1. The van der Waals surface area contributed by atoms with Crippen molar-refractivity contribution >= 4 is 5.91 Å². The second kappa shape index (κ2) is 6.59. The summed E-state index contributed by atoms with van der Waals surface area (Å²) in [7, 11) is 3.95. The number of hydrogen-bond acceptors (Lipinski definition) is 3. The molecule has 4 heteroatoms. The summed E-state index contributed by atoms with van der Waals surface area (Å²) in [6.07, 6.45) is 0. The highest BCUT2D eigenvalue weighted by Gasteiger charge is 2.19. The highest BCUT2D eigenvalue weighted by atomic mass is 16.3. The average Bonchev–Trinajstić information content (AvgIpc) is 2.85. The monoisotopic (exact) mass is 286 g/mol. The second-order valence-corrected chi connectivity index (χ2v) is 5.51. The Bertz CT molecular complexity index is 617. The van der Waals surface area contributed by atoms with Gasteiger partial charge in [0.1, 0.15) is 11.5 Å². The third kappa shape index (κ3) is 3.95. The number of amides is 1. The third-order valence-corrected chi connectivity index (χ3v) is 3.45. The van der Waals surface area contributed by atoms with Crippen LogP contribution in [0, 0.1) is 13.8 Å². The van der Waals surface area contributed by atoms with Gasteiger partial charge in [-0.1, -0.05) is 17.7 Å². The topological polar surface area (TPSA) is 45.5 Å². The van der Waals surface area contributed by atoms with Gasteiger partial charge in [0.2, 0.25) is 0 Å². The highest BCUT2D eigenvalue weighted by Crippen LogP contribution is 2.20. The van der Waals surface area contributed by atoms with Gasteiger partial charge in [0.25, 0.3) is 5.91 Å². The molecule has 2 aromatic rings. The molecule has 1 aromatic carbocycles. The number of nitrogens with one attached hydrogen (secondary N) is 1. The first-order chi connectivity index (χ1) is 9.97. The molecule has 0 saturated heterocycles. The van der Waals surface area contributed by atoms with Gasteiger partial charge in [-0.05, 0) is 52.2 Å². The van der Waals surface area contributed by atoms with E-state index in [2.05, 4.69) is 5.32 Å². The Morgan fingerprint density at radius 1 is 1.24 bits per heavy atom. The van der Waals surface area contributed by atoms with Crippen LogP contribution in [0.2, 0.25) is 0 Å². The van der Waals surface area contributed by atoms with Crippen molar-refractivity contribution in [2.24, 2.45) is 0 Å². The Hall–Kier alpha value is -2.07. The first kappa shape index (κ1) is 15.3. The van der Waals surface area contributed by atoms with Crippen LogP contribution in [-0.2, 0) is 0 Å². The van der Waals surface area contributed by atoms with Crippen molar-refractivity contribution < 1.29 is 9.21 Å². The average molecular weight is 286 g/mol. The van der Waals surface area contributed by atoms with E-state index in [9.17, 15) is 4.79 Å². The lowest BCUT2D eigenvalue weighted by molar-refractivity contribution is 0.0939. The van der Waals surface area contributed by atoms with Crippen LogP contribution in [0.25, 0.3) is 0 Å². The van der Waals surface area contributed by atoms with Crippen LogP contribution in [0.15, 0.2) is 40.8 Å². The number of hydrogen-bond donors (Lipinski definition) is 1. The molecule has 0 aliphatic heterocycles. The molecule has 1 heterocycles. The third-order valence-electron chi connectivity index (χ3n) is 3.45. The lowest BCUT2D eigenvalue weighted by Gasteiger charge is -2.22. The zero-order valence-electron chi connectivity index (χ0n) is 13.0. The SMILES string of the molecule is Cc1cccc(C(=O)NC[C@@H](c2ccc(C)o2)N(C)C)c1. The van der Waals surface area contributed by atoms with Crippen molar-refractivity contribution in [2.45, 2.75) is 19.9 Å². The smallest absolute Gasteiger partial charge is 0.251 e. The minimum absolute atomic E-state index is 0.0208. The zero-order chi connectivity index (χ0) is 15.4. The molecular weight excluding hydrogens is 264 g/mol. The van der Waals surface area contributed by atoms with Gasteiger partial charge in [-0.15, -0.1) is 0 Å². The Kier molecular flexibility index (Phi) is 4.81. The predicted molar refractivity (Wildman–Crippen MR) is 83.4 cm³/mol. The van der Waals surface area contributed by atoms with Crippen LogP contribution in [0.1, 0.15) is 33.5 Å². The Labute approximate surface area is 125 Å². The van der Waals surface area contributed by atoms with Crippen molar-refractivity contribution in [3.8, 4) is 0 Å². The minimum Gasteiger partial charge on any atom is -0.465 e. The van der Waals surface area contributed by atoms with Crippen molar-refractivity contribution in [3.63, 3.8) is 0 Å². The van der Waals surface area contributed by atoms with E-state index in [4.69, 9.17) is 4.42 Å². The van der Waals surface area contributed by atoms with E-state index >= 15 is 0 Å². The molecule has 1 atom stereocenters. The predicted octanol–water partition coefficient (Wildman–Crippen LogP) is 2.93. The van der Waals surface area contributed by atoms with Crippen LogP contribution < -0.4 is 5.32 Å². The van der Waals surface area contributed by atoms with Crippen LogP contribution in [-0.4, -0.2) is 31.4 Å². The summed E-state index contributed by atoms with van der Waals surface area (Å²) in [4.78, 5) is 14.2. The second-order valence-electron chi connectivity index (χ2n) is 5.51. The molecular formula is C17H22N2O2. The molecule has 21 heavy (non-hydrogen) atoms. The van der Waals surface area contributed by atoms with Gasteiger partial charge in [0.05, 0.1) is 6.04 Å². The summed E-state index contributed by atoms with van der Waals surface area (Å²) in [6, 6.07) is 11.5. The van der Waals surface area contributed by atoms with E-state index in [0.717, 1.165) is 17.1 Å². The van der Waals surface area contributed by atoms with E-state index < -0.39 is 0 Å². The van der Waals surface area contributed by atoms with Crippen LogP contribution >= 0.6 is 0 Å². The molecule has 0 bridgehead atoms. The van der Waals surface area contributed by atoms with Crippen molar-refractivity contribution in [3.05, 3.63) is 59.0 Å². The lowest BCUT2D eigenvalue weighted by Crippen LogP contribution is -2.34. The summed E-state index contributed by atoms with van der Waals surface area (Å²) in [5.41, 5.74) is 1.76. The quantitative estimate of drug-likeness (QED) is 0.919. The molecule has 1 amide bonds. The summed E-state index contributed by atoms with van der Waals surface area (Å²) >= 11 is 0. The fourth-order valence-electron chi connectivity index (χ4n) is 2.25. The molecule has 0 aliphatic carbocycles. The van der Waals surface area contributed by atoms with Gasteiger partial charge < -0.3 is 9.73 Å². The van der Waals surface area contributed by atoms with Crippen molar-refractivity contribution in [1.82, 2.24) is 10.2 Å². The molecule has 0 spiro atoms. The van der Waals surface area contributed by atoms with E-state index in [0.29, 0.717) is 12.1 Å². The van der Waals surface area contributed by atoms with Gasteiger partial charge in [0, 0.05) is 12.1 Å². The normalized spacial score (nSPS) is 12.4. The summed E-state index contributed by atoms with van der Waals surface area (Å²) < 4.78 is 5.67. The number of carbonyl (C=O) groups excluding carboxylic acids is 1. The zero-order valence-corrected chi connectivity index (χ0v) is 13.0. The largest absolute Gasteiger partial charge is 0.465 e. The number of furan rings is 1. The summed E-state index contributed by atoms with van der Waals surface area (Å²) in [5, 5.41) is 2.97. The van der Waals surface area contributed by atoms with Crippen LogP contribution in [0.3, 0.4) is 0 Å². The molecule has 4 nitrogen and oxygen atoms in total. The van der Waals surface area contributed by atoms with Gasteiger partial charge in [0.15, 0.2) is 0 Å². The Balaban J connectivity index is 2.04. The number of carbonyl (C=O) groups is 1. The fourth-order valence-corrected chi connectivity index (χ4v) is 2.25. The molecule has 0 aliphatic rings. The molecule has 0 fully saturated rings. The van der Waals surface area contributed by atoms with Crippen molar-refractivity contribution in [1.29, 1.82) is 0 Å². The Morgan fingerprint density at radius 3 is 2.57 bits per heavy atom. The minimum atomic E-state index is -0.0613. The maximum Gasteiger partial charge on any atom is 0.251 e. The van der Waals surface area contributed by atoms with Crippen LogP contribution in [0.4, 0.5) is 0 Å². The van der Waals surface area contributed by atoms with Gasteiger partial charge in [-0.2, -0.15) is 0 Å². The van der Waals surface area contributed by atoms with E-state index in [1.165, 1.54) is 0 Å². The molecule has 0 radical (unpaired) electrons. The first-order valence-corrected chi connectivity index (χ1v) is 7.05. The van der Waals surface area contributed by atoms with E-state index in [-0.39, 0.29) is 11.9 Å². The van der Waals surface area contributed by atoms with Crippen LogP contribution in [0.5, 0.6) is 0 Å². The maximum atomic E-state index is 12.2. The first-order valence-electron chi connectivity index (χ1n) is 7.05. The summed E-state index contributed by atoms with van der Waals surface area (Å²) in [5.74, 6) is 1.68. The molecule has 2 rings (SSSR count). The number of aryl methyl sites for hydroxylation is 2. The number of rotatable bonds is 5. The fraction of sp³-hybridized carbons (Fsp3) is 0.353. The number of likely N-dealkylation sites (N-methyl/N-ethyl adjacent to an activating group) is 1. The molecule has 0 unspecified atom stereocenters. The van der Waals surface area contributed by atoms with E-state index in [1.54, 1.807) is 0 Å². The highest BCUT2D eigenvalue weighted by molar-refractivity contribution is 5.94. The molecule has 1 N–H and O–H groups in total. The maximum absolute atomic E-state index is 12.2. The van der Waals surface area contributed by atoms with Gasteiger partial charge in [-0.25, -0.2) is 0 Å². The molecule has 1 aromatic heterocycles. The number of nitrogens with zero attached hydrogens (tertiary/aromatic N) is 1. The molecule has 112 valence electrons.